The van der Waals surface area contributed by atoms with E-state index in [1.807, 2.05) is 24.3 Å². The average Bonchev–Trinajstić information content (AvgIpc) is 3.36. The lowest BCUT2D eigenvalue weighted by atomic mass is 9.88. The van der Waals surface area contributed by atoms with Crippen LogP contribution in [0.1, 0.15) is 52.2 Å². The highest BCUT2D eigenvalue weighted by Crippen LogP contribution is 2.37. The topological polar surface area (TPSA) is 91.8 Å². The average molecular weight is 658 g/mol. The number of hydrogen-bond donors (Lipinski definition) is 1. The molecule has 40 heavy (non-hydrogen) atoms. The Morgan fingerprint density at radius 1 is 1.25 bits per heavy atom. The molecular weight excluding hydrogens is 626 g/mol. The number of sulfonamides is 1. The normalized spacial score (nSPS) is 15.4. The highest BCUT2D eigenvalue weighted by molar-refractivity contribution is 9.10. The molecule has 0 aliphatic carbocycles. The molecule has 0 unspecified atom stereocenters. The van der Waals surface area contributed by atoms with E-state index >= 15 is 8.78 Å². The summed E-state index contributed by atoms with van der Waals surface area (Å²) < 4.78 is 63.2. The van der Waals surface area contributed by atoms with E-state index in [2.05, 4.69) is 45.0 Å². The quantitative estimate of drug-likeness (QED) is 0.263. The monoisotopic (exact) mass is 656 g/mol. The summed E-state index contributed by atoms with van der Waals surface area (Å²) in [5.74, 6) is -3.09. The van der Waals surface area contributed by atoms with Crippen molar-refractivity contribution in [2.75, 3.05) is 16.2 Å². The number of nitrogens with zero attached hydrogens (tertiary/aromatic N) is 3. The standard InChI is InChI=1S/C27H31BrF2N4O4S2/c1-26(2,3)38-25(35)34(21-15-39-16-32-21)40(36,37)24-19(29)12-20(22(28)23(24)30)31-13-17-8-6-7-9-18(17)14-33-11-10-27(33,4)5/h6-9,12,15-16,31H,10-11,13-14H2,1-5H3. The summed E-state index contributed by atoms with van der Waals surface area (Å²) in [6.45, 7) is 11.0. The van der Waals surface area contributed by atoms with Gasteiger partial charge in [0.2, 0.25) is 0 Å². The molecular formula is C27H31BrF2N4O4S2. The van der Waals surface area contributed by atoms with Crippen LogP contribution in [0, 0.1) is 11.6 Å². The molecule has 1 aliphatic heterocycles. The molecule has 1 saturated heterocycles. The number of hydrogen-bond acceptors (Lipinski definition) is 8. The van der Waals surface area contributed by atoms with Gasteiger partial charge in [0, 0.05) is 30.6 Å². The molecule has 0 atom stereocenters. The van der Waals surface area contributed by atoms with Crippen LogP contribution < -0.4 is 9.62 Å². The summed E-state index contributed by atoms with van der Waals surface area (Å²) in [6.07, 6.45) is -0.223. The number of carbonyl (C=O) groups excluding carboxylic acids is 1. The molecule has 3 aromatic rings. The van der Waals surface area contributed by atoms with Crippen molar-refractivity contribution < 1.29 is 26.7 Å². The van der Waals surface area contributed by atoms with Crippen LogP contribution >= 0.6 is 27.3 Å². The third-order valence-electron chi connectivity index (χ3n) is 6.60. The molecule has 1 aromatic heterocycles. The lowest BCUT2D eigenvalue weighted by molar-refractivity contribution is 0.00774. The number of aromatic nitrogens is 1. The number of carbonyl (C=O) groups is 1. The Labute approximate surface area is 245 Å². The van der Waals surface area contributed by atoms with Crippen molar-refractivity contribution in [3.63, 3.8) is 0 Å². The van der Waals surface area contributed by atoms with Gasteiger partial charge in [-0.1, -0.05) is 24.3 Å². The van der Waals surface area contributed by atoms with Crippen molar-refractivity contribution in [1.29, 1.82) is 0 Å². The zero-order valence-corrected chi connectivity index (χ0v) is 26.0. The summed E-state index contributed by atoms with van der Waals surface area (Å²) in [5, 5.41) is 4.28. The first-order valence-electron chi connectivity index (χ1n) is 12.5. The third kappa shape index (κ3) is 6.32. The maximum atomic E-state index is 15.6. The summed E-state index contributed by atoms with van der Waals surface area (Å²) in [7, 11) is -5.10. The predicted molar refractivity (Wildman–Crippen MR) is 155 cm³/mol. The van der Waals surface area contributed by atoms with Gasteiger partial charge in [0.05, 0.1) is 15.7 Å². The maximum Gasteiger partial charge on any atom is 0.430 e. The smallest absolute Gasteiger partial charge is 0.430 e. The largest absolute Gasteiger partial charge is 0.443 e. The van der Waals surface area contributed by atoms with Gasteiger partial charge < -0.3 is 10.1 Å². The van der Waals surface area contributed by atoms with Crippen molar-refractivity contribution in [1.82, 2.24) is 9.88 Å². The van der Waals surface area contributed by atoms with E-state index in [4.69, 9.17) is 4.74 Å². The number of rotatable bonds is 8. The summed E-state index contributed by atoms with van der Waals surface area (Å²) >= 11 is 4.09. The van der Waals surface area contributed by atoms with Gasteiger partial charge in [-0.25, -0.2) is 27.0 Å². The van der Waals surface area contributed by atoms with Gasteiger partial charge in [0.1, 0.15) is 11.4 Å². The SMILES string of the molecule is CC(C)(C)OC(=O)N(c1cscn1)S(=O)(=O)c1c(F)cc(NCc2ccccc2CN2CCC2(C)C)c(Br)c1F. The van der Waals surface area contributed by atoms with Crippen molar-refractivity contribution >= 4 is 54.9 Å². The number of ether oxygens (including phenoxy) is 1. The molecule has 216 valence electrons. The van der Waals surface area contributed by atoms with Crippen LogP contribution in [-0.2, 0) is 27.8 Å². The second kappa shape index (κ2) is 11.3. The van der Waals surface area contributed by atoms with Crippen molar-refractivity contribution in [2.45, 2.75) is 70.2 Å². The van der Waals surface area contributed by atoms with Gasteiger partial charge in [-0.2, -0.15) is 0 Å². The predicted octanol–water partition coefficient (Wildman–Crippen LogP) is 6.91. The number of nitrogens with one attached hydrogen (secondary N) is 1. The number of amides is 1. The molecule has 13 heteroatoms. The van der Waals surface area contributed by atoms with Gasteiger partial charge >= 0.3 is 6.09 Å². The molecule has 1 N–H and O–H groups in total. The lowest BCUT2D eigenvalue weighted by Crippen LogP contribution is -2.54. The van der Waals surface area contributed by atoms with E-state index < -0.39 is 38.2 Å². The van der Waals surface area contributed by atoms with Gasteiger partial charge in [-0.3, -0.25) is 4.90 Å². The van der Waals surface area contributed by atoms with Gasteiger partial charge in [0.15, 0.2) is 16.5 Å². The van der Waals surface area contributed by atoms with Crippen LogP contribution in [0.2, 0.25) is 0 Å². The Balaban J connectivity index is 1.63. The zero-order chi connectivity index (χ0) is 29.5. The molecule has 8 nitrogen and oxygen atoms in total. The Kier molecular flexibility index (Phi) is 8.61. The molecule has 4 rings (SSSR count). The third-order valence-corrected chi connectivity index (χ3v) is 9.66. The van der Waals surface area contributed by atoms with Gasteiger partial charge in [-0.05, 0) is 74.2 Å². The Morgan fingerprint density at radius 2 is 1.93 bits per heavy atom. The fourth-order valence-electron chi connectivity index (χ4n) is 4.25. The number of anilines is 2. The Hall–Kier alpha value is -2.61. The van der Waals surface area contributed by atoms with Crippen molar-refractivity contribution in [3.05, 3.63) is 68.5 Å². The van der Waals surface area contributed by atoms with Crippen molar-refractivity contribution in [2.24, 2.45) is 0 Å². The fourth-order valence-corrected chi connectivity index (χ4v) is 6.81. The molecule has 0 bridgehead atoms. The first kappa shape index (κ1) is 30.4. The first-order valence-corrected chi connectivity index (χ1v) is 15.7. The minimum Gasteiger partial charge on any atom is -0.443 e. The van der Waals surface area contributed by atoms with E-state index in [1.165, 1.54) is 31.7 Å². The molecule has 1 fully saturated rings. The Morgan fingerprint density at radius 3 is 2.48 bits per heavy atom. The molecule has 1 amide bonds. The van der Waals surface area contributed by atoms with Crippen LogP contribution in [0.4, 0.5) is 25.1 Å². The van der Waals surface area contributed by atoms with E-state index in [0.717, 1.165) is 48.0 Å². The van der Waals surface area contributed by atoms with Gasteiger partial charge in [-0.15, -0.1) is 15.6 Å². The summed E-state index contributed by atoms with van der Waals surface area (Å²) in [6, 6.07) is 8.66. The maximum absolute atomic E-state index is 15.6. The zero-order valence-electron chi connectivity index (χ0n) is 22.8. The van der Waals surface area contributed by atoms with E-state index in [9.17, 15) is 13.2 Å². The van der Waals surface area contributed by atoms with Crippen LogP contribution in [0.15, 0.2) is 50.6 Å². The summed E-state index contributed by atoms with van der Waals surface area (Å²) in [5.41, 5.74) is 2.37. The minimum absolute atomic E-state index is 0.0190. The van der Waals surface area contributed by atoms with Crippen LogP contribution in [0.25, 0.3) is 0 Å². The molecule has 0 saturated carbocycles. The molecule has 2 heterocycles. The summed E-state index contributed by atoms with van der Waals surface area (Å²) in [4.78, 5) is 17.8. The molecule has 2 aromatic carbocycles. The highest BCUT2D eigenvalue weighted by Gasteiger charge is 2.40. The van der Waals surface area contributed by atoms with Gasteiger partial charge in [0.25, 0.3) is 10.0 Å². The van der Waals surface area contributed by atoms with E-state index in [-0.39, 0.29) is 32.4 Å². The van der Waals surface area contributed by atoms with Crippen LogP contribution in [0.5, 0.6) is 0 Å². The van der Waals surface area contributed by atoms with E-state index in [0.29, 0.717) is 0 Å². The van der Waals surface area contributed by atoms with Crippen LogP contribution in [-0.4, -0.2) is 42.1 Å². The Bertz CT molecular complexity index is 1510. The highest BCUT2D eigenvalue weighted by atomic mass is 79.9. The lowest BCUT2D eigenvalue weighted by Gasteiger charge is -2.48. The molecule has 0 radical (unpaired) electrons. The second-order valence-electron chi connectivity index (χ2n) is 11.1. The minimum atomic E-state index is -5.10. The van der Waals surface area contributed by atoms with Crippen molar-refractivity contribution in [3.8, 4) is 0 Å². The number of thiazole rings is 1. The second-order valence-corrected chi connectivity index (χ2v) is 14.3. The molecule has 1 aliphatic rings. The first-order chi connectivity index (χ1) is 18.6. The number of halogens is 3. The fraction of sp³-hybridized carbons (Fsp3) is 0.407. The van der Waals surface area contributed by atoms with Crippen LogP contribution in [0.3, 0.4) is 0 Å². The number of likely N-dealkylation sites (tertiary alicyclic amines) is 1. The number of benzene rings is 2. The molecule has 0 spiro atoms. The van der Waals surface area contributed by atoms with E-state index in [1.54, 1.807) is 0 Å².